The van der Waals surface area contributed by atoms with Crippen molar-refractivity contribution in [1.29, 1.82) is 0 Å². The molecule has 2 aromatic rings. The monoisotopic (exact) mass is 510 g/mol. The molecule has 1 fully saturated rings. The number of rotatable bonds is 16. The zero-order valence-electron chi connectivity index (χ0n) is 23.2. The zero-order valence-corrected chi connectivity index (χ0v) is 23.2. The number of aryl methyl sites for hydroxylation is 1. The molecule has 0 N–H and O–H groups in total. The minimum Gasteiger partial charge on any atom is -0.459 e. The summed E-state index contributed by atoms with van der Waals surface area (Å²) in [6.45, 7) is 4.47. The predicted octanol–water partition coefficient (Wildman–Crippen LogP) is 9.26. The van der Waals surface area contributed by atoms with Gasteiger partial charge in [0, 0.05) is 18.0 Å². The number of ether oxygens (including phenoxy) is 1. The minimum atomic E-state index is -0.581. The van der Waals surface area contributed by atoms with E-state index in [-0.39, 0.29) is 11.7 Å². The summed E-state index contributed by atoms with van der Waals surface area (Å²) in [5, 5.41) is 0. The Hall–Kier alpha value is -2.30. The third-order valence-corrected chi connectivity index (χ3v) is 7.75. The van der Waals surface area contributed by atoms with Gasteiger partial charge in [-0.2, -0.15) is 0 Å². The number of unbranched alkanes of at least 4 members (excludes halogenated alkanes) is 9. The summed E-state index contributed by atoms with van der Waals surface area (Å²) in [5.74, 6) is 0.0617. The van der Waals surface area contributed by atoms with Gasteiger partial charge in [-0.05, 0) is 62.1 Å². The first-order chi connectivity index (χ1) is 18.1. The molecular formula is C32H47FN2O2. The van der Waals surface area contributed by atoms with Crippen molar-refractivity contribution in [3.8, 4) is 11.4 Å². The number of aromatic nitrogens is 2. The van der Waals surface area contributed by atoms with Crippen LogP contribution in [0.25, 0.3) is 11.4 Å². The summed E-state index contributed by atoms with van der Waals surface area (Å²) >= 11 is 0. The maximum atomic E-state index is 14.8. The average molecular weight is 511 g/mol. The van der Waals surface area contributed by atoms with Gasteiger partial charge in [-0.25, -0.2) is 19.2 Å². The first-order valence-corrected chi connectivity index (χ1v) is 14.9. The fourth-order valence-electron chi connectivity index (χ4n) is 5.35. The van der Waals surface area contributed by atoms with Gasteiger partial charge in [0.25, 0.3) is 0 Å². The summed E-state index contributed by atoms with van der Waals surface area (Å²) < 4.78 is 20.5. The second kappa shape index (κ2) is 16.5. The van der Waals surface area contributed by atoms with Crippen LogP contribution >= 0.6 is 0 Å². The Morgan fingerprint density at radius 3 is 2.14 bits per heavy atom. The molecule has 0 aliphatic heterocycles. The van der Waals surface area contributed by atoms with Gasteiger partial charge < -0.3 is 4.74 Å². The Kier molecular flexibility index (Phi) is 13.1. The van der Waals surface area contributed by atoms with E-state index in [1.807, 2.05) is 12.4 Å². The molecule has 4 nitrogen and oxygen atoms in total. The number of nitrogens with zero attached hydrogens (tertiary/aromatic N) is 2. The van der Waals surface area contributed by atoms with E-state index in [0.717, 1.165) is 50.0 Å². The Morgan fingerprint density at radius 1 is 0.865 bits per heavy atom. The van der Waals surface area contributed by atoms with Gasteiger partial charge in [0.15, 0.2) is 5.82 Å². The van der Waals surface area contributed by atoms with Gasteiger partial charge >= 0.3 is 5.97 Å². The Morgan fingerprint density at radius 2 is 1.49 bits per heavy atom. The summed E-state index contributed by atoms with van der Waals surface area (Å²) in [6, 6.07) is 4.55. The molecule has 0 bridgehead atoms. The standard InChI is InChI=1S/C32H47FN2O2/c1-3-5-7-8-9-10-11-13-15-26-23-34-31(35-24-26)27-18-21-29(30(33)22-27)32(36)37-28-19-16-25(17-20-28)14-12-6-4-2/h18,21-25,28H,3-17,19-20H2,1-2H3/t25-,28-. The Labute approximate surface area is 223 Å². The molecule has 0 amide bonds. The largest absolute Gasteiger partial charge is 0.459 e. The van der Waals surface area contributed by atoms with Gasteiger partial charge in [-0.3, -0.25) is 0 Å². The van der Waals surface area contributed by atoms with E-state index in [4.69, 9.17) is 4.74 Å². The Bertz CT molecular complexity index is 923. The lowest BCUT2D eigenvalue weighted by Crippen LogP contribution is -2.25. The number of carbonyl (C=O) groups is 1. The molecule has 0 spiro atoms. The predicted molar refractivity (Wildman–Crippen MR) is 149 cm³/mol. The van der Waals surface area contributed by atoms with Crippen LogP contribution in [0.1, 0.15) is 133 Å². The van der Waals surface area contributed by atoms with Gasteiger partial charge in [0.1, 0.15) is 11.9 Å². The van der Waals surface area contributed by atoms with E-state index in [1.165, 1.54) is 82.8 Å². The first-order valence-electron chi connectivity index (χ1n) is 14.9. The van der Waals surface area contributed by atoms with Crippen molar-refractivity contribution >= 4 is 5.97 Å². The molecule has 37 heavy (non-hydrogen) atoms. The molecule has 1 aromatic heterocycles. The van der Waals surface area contributed by atoms with Crippen molar-refractivity contribution in [2.24, 2.45) is 5.92 Å². The molecule has 0 atom stereocenters. The molecule has 1 heterocycles. The summed E-state index contributed by atoms with van der Waals surface area (Å²) in [5.41, 5.74) is 1.66. The van der Waals surface area contributed by atoms with E-state index in [0.29, 0.717) is 11.4 Å². The number of halogens is 1. The molecule has 1 aliphatic carbocycles. The van der Waals surface area contributed by atoms with Crippen LogP contribution in [-0.2, 0) is 11.2 Å². The van der Waals surface area contributed by atoms with Crippen LogP contribution in [0.4, 0.5) is 4.39 Å². The fourth-order valence-corrected chi connectivity index (χ4v) is 5.35. The van der Waals surface area contributed by atoms with Crippen molar-refractivity contribution in [3.63, 3.8) is 0 Å². The summed E-state index contributed by atoms with van der Waals surface area (Å²) in [7, 11) is 0. The van der Waals surface area contributed by atoms with E-state index in [9.17, 15) is 9.18 Å². The maximum Gasteiger partial charge on any atom is 0.341 e. The number of carbonyl (C=O) groups excluding carboxylic acids is 1. The SMILES string of the molecule is CCCCCCCCCCc1cnc(-c2ccc(C(=O)O[C@H]3CC[C@H](CCCCC)CC3)c(F)c2)nc1. The van der Waals surface area contributed by atoms with E-state index in [2.05, 4.69) is 23.8 Å². The molecule has 204 valence electrons. The molecule has 1 saturated carbocycles. The highest BCUT2D eigenvalue weighted by Gasteiger charge is 2.25. The highest BCUT2D eigenvalue weighted by atomic mass is 19.1. The topological polar surface area (TPSA) is 52.1 Å². The van der Waals surface area contributed by atoms with Crippen molar-refractivity contribution < 1.29 is 13.9 Å². The molecule has 0 unspecified atom stereocenters. The quantitative estimate of drug-likeness (QED) is 0.167. The smallest absolute Gasteiger partial charge is 0.341 e. The molecule has 0 saturated heterocycles. The fraction of sp³-hybridized carbons (Fsp3) is 0.656. The van der Waals surface area contributed by atoms with Crippen LogP contribution in [0.2, 0.25) is 0 Å². The molecule has 0 radical (unpaired) electrons. The van der Waals surface area contributed by atoms with Gasteiger partial charge in [0.2, 0.25) is 0 Å². The van der Waals surface area contributed by atoms with Crippen LogP contribution in [0.5, 0.6) is 0 Å². The molecule has 1 aromatic carbocycles. The van der Waals surface area contributed by atoms with E-state index >= 15 is 0 Å². The highest BCUT2D eigenvalue weighted by molar-refractivity contribution is 5.90. The van der Waals surface area contributed by atoms with Crippen molar-refractivity contribution in [2.75, 3.05) is 0 Å². The lowest BCUT2D eigenvalue weighted by molar-refractivity contribution is 0.0156. The van der Waals surface area contributed by atoms with Crippen LogP contribution in [-0.4, -0.2) is 22.0 Å². The highest BCUT2D eigenvalue weighted by Crippen LogP contribution is 2.31. The van der Waals surface area contributed by atoms with Crippen LogP contribution in [0.15, 0.2) is 30.6 Å². The van der Waals surface area contributed by atoms with Gasteiger partial charge in [-0.15, -0.1) is 0 Å². The lowest BCUT2D eigenvalue weighted by Gasteiger charge is -2.28. The minimum absolute atomic E-state index is 0.0138. The van der Waals surface area contributed by atoms with Gasteiger partial charge in [0.05, 0.1) is 5.56 Å². The third-order valence-electron chi connectivity index (χ3n) is 7.75. The van der Waals surface area contributed by atoms with Gasteiger partial charge in [-0.1, -0.05) is 90.5 Å². The second-order valence-electron chi connectivity index (χ2n) is 10.9. The number of benzene rings is 1. The second-order valence-corrected chi connectivity index (χ2v) is 10.9. The Balaban J connectivity index is 1.42. The van der Waals surface area contributed by atoms with Crippen molar-refractivity contribution in [1.82, 2.24) is 9.97 Å². The van der Waals surface area contributed by atoms with Crippen LogP contribution < -0.4 is 0 Å². The summed E-state index contributed by atoms with van der Waals surface area (Å²) in [6.07, 6.45) is 23.9. The number of hydrogen-bond donors (Lipinski definition) is 0. The van der Waals surface area contributed by atoms with Crippen molar-refractivity contribution in [3.05, 3.63) is 47.5 Å². The molecule has 3 rings (SSSR count). The molecular weight excluding hydrogens is 463 g/mol. The van der Waals surface area contributed by atoms with E-state index in [1.54, 1.807) is 6.07 Å². The zero-order chi connectivity index (χ0) is 26.3. The first kappa shape index (κ1) is 29.3. The maximum absolute atomic E-state index is 14.8. The lowest BCUT2D eigenvalue weighted by atomic mass is 9.84. The van der Waals surface area contributed by atoms with Crippen LogP contribution in [0, 0.1) is 11.7 Å². The number of esters is 1. The summed E-state index contributed by atoms with van der Waals surface area (Å²) in [4.78, 5) is 21.5. The third kappa shape index (κ3) is 10.2. The normalized spacial score (nSPS) is 17.6. The van der Waals surface area contributed by atoms with Crippen LogP contribution in [0.3, 0.4) is 0 Å². The van der Waals surface area contributed by atoms with Crippen molar-refractivity contribution in [2.45, 2.75) is 129 Å². The number of hydrogen-bond acceptors (Lipinski definition) is 4. The van der Waals surface area contributed by atoms with E-state index < -0.39 is 11.8 Å². The molecule has 5 heteroatoms. The molecule has 1 aliphatic rings. The average Bonchev–Trinajstić information content (AvgIpc) is 2.91.